The fourth-order valence-corrected chi connectivity index (χ4v) is 5.89. The van der Waals surface area contributed by atoms with Crippen LogP contribution < -0.4 is 0 Å². The van der Waals surface area contributed by atoms with Crippen molar-refractivity contribution in [1.29, 1.82) is 0 Å². The first-order valence-corrected chi connectivity index (χ1v) is 14.2. The molecule has 17 heteroatoms. The molecule has 0 aromatic rings. The summed E-state index contributed by atoms with van der Waals surface area (Å²) in [5, 5.41) is 0. The van der Waals surface area contributed by atoms with Gasteiger partial charge in [0.15, 0.2) is 26.4 Å². The van der Waals surface area contributed by atoms with Gasteiger partial charge in [0.25, 0.3) is 0 Å². The molecular formula is C14H28F6NO7PS2. The van der Waals surface area contributed by atoms with Gasteiger partial charge in [0.05, 0.1) is 44.9 Å². The highest BCUT2D eigenvalue weighted by molar-refractivity contribution is 8.13. The Bertz CT molecular complexity index is 645. The molecule has 190 valence electrons. The van der Waals surface area contributed by atoms with Gasteiger partial charge in [-0.2, -0.15) is 26.3 Å². The predicted molar refractivity (Wildman–Crippen MR) is 105 cm³/mol. The molecular weight excluding hydrogens is 503 g/mol. The van der Waals surface area contributed by atoms with Crippen molar-refractivity contribution < 1.29 is 57.4 Å². The molecule has 0 unspecified atom stereocenters. The van der Waals surface area contributed by atoms with Crippen LogP contribution in [-0.2, 0) is 34.3 Å². The lowest BCUT2D eigenvalue weighted by Crippen LogP contribution is -2.30. The third-order valence-electron chi connectivity index (χ3n) is 3.96. The lowest BCUT2D eigenvalue weighted by atomic mass is 10.7. The van der Waals surface area contributed by atoms with E-state index in [1.807, 2.05) is 0 Å². The second kappa shape index (κ2) is 14.1. The quantitative estimate of drug-likeness (QED) is 0.202. The minimum atomic E-state index is -6.72. The molecule has 0 aromatic carbocycles. The predicted octanol–water partition coefficient (Wildman–Crippen LogP) is 3.76. The van der Waals surface area contributed by atoms with Crippen molar-refractivity contribution in [2.45, 2.75) is 31.8 Å². The number of hydrogen-bond donors (Lipinski definition) is 0. The average Bonchev–Trinajstić information content (AvgIpc) is 2.62. The van der Waals surface area contributed by atoms with Gasteiger partial charge < -0.3 is 18.3 Å². The van der Waals surface area contributed by atoms with E-state index in [4.69, 9.17) is 14.2 Å². The molecule has 0 fully saturated rings. The molecule has 0 aliphatic rings. The molecule has 8 nitrogen and oxygen atoms in total. The van der Waals surface area contributed by atoms with Gasteiger partial charge >= 0.3 is 11.0 Å². The number of rotatable bonds is 13. The van der Waals surface area contributed by atoms with Crippen molar-refractivity contribution in [1.82, 2.24) is 0 Å². The molecule has 0 rings (SSSR count). The number of methoxy groups -OCH3 is 1. The van der Waals surface area contributed by atoms with Gasteiger partial charge in [0, 0.05) is 14.4 Å². The number of hydrogen-bond acceptors (Lipinski definition) is 7. The SMILES string of the molecule is CC[P+](CC)(CC)COCCOCCOC.O=S(=O)([N-]S(=O)(=O)C(F)(F)F)C(F)(F)F. The van der Waals surface area contributed by atoms with Crippen molar-refractivity contribution >= 4 is 27.3 Å². The van der Waals surface area contributed by atoms with Crippen LogP contribution in [0.3, 0.4) is 0 Å². The smallest absolute Gasteiger partial charge is 0.421 e. The molecule has 31 heavy (non-hydrogen) atoms. The standard InChI is InChI=1S/C12H28O3P.C2F6NO4S2/c1-5-16(6-2,7-3)12-15-11-10-14-9-8-13-4;3-1(4,5)14(10,11)9-15(12,13)2(6,7)8/h5-12H2,1-4H3;/q+1;-1. The second-order valence-electron chi connectivity index (χ2n) is 5.85. The van der Waals surface area contributed by atoms with Gasteiger partial charge in [-0.15, -0.1) is 0 Å². The molecule has 0 aliphatic carbocycles. The number of alkyl halides is 6. The minimum absolute atomic E-state index is 0.662. The van der Waals surface area contributed by atoms with Gasteiger partial charge in [-0.3, -0.25) is 0 Å². The first-order chi connectivity index (χ1) is 13.9. The van der Waals surface area contributed by atoms with Crippen LogP contribution in [0.25, 0.3) is 4.13 Å². The van der Waals surface area contributed by atoms with Gasteiger partial charge in [-0.05, 0) is 20.8 Å². The van der Waals surface area contributed by atoms with E-state index in [-0.39, 0.29) is 0 Å². The van der Waals surface area contributed by atoms with Crippen LogP contribution in [0.5, 0.6) is 0 Å². The van der Waals surface area contributed by atoms with Gasteiger partial charge in [-0.1, -0.05) is 0 Å². The summed E-state index contributed by atoms with van der Waals surface area (Å²) >= 11 is 0. The number of nitrogens with zero attached hydrogens (tertiary/aromatic N) is 1. The molecule has 0 atom stereocenters. The van der Waals surface area contributed by atoms with E-state index >= 15 is 0 Å². The van der Waals surface area contributed by atoms with E-state index in [0.717, 1.165) is 10.5 Å². The summed E-state index contributed by atoms with van der Waals surface area (Å²) < 4.78 is 125. The zero-order valence-electron chi connectivity index (χ0n) is 17.5. The zero-order chi connectivity index (χ0) is 25.0. The van der Waals surface area contributed by atoms with Gasteiger partial charge in [0.1, 0.15) is 0 Å². The fourth-order valence-electron chi connectivity index (χ4n) is 1.78. The van der Waals surface area contributed by atoms with Crippen molar-refractivity contribution in [3.63, 3.8) is 0 Å². The van der Waals surface area contributed by atoms with Crippen LogP contribution in [0.1, 0.15) is 20.8 Å². The number of ether oxygens (including phenoxy) is 3. The largest absolute Gasteiger partial charge is 0.480 e. The van der Waals surface area contributed by atoms with Gasteiger partial charge in [0.2, 0.25) is 0 Å². The van der Waals surface area contributed by atoms with Crippen LogP contribution in [0, 0.1) is 0 Å². The van der Waals surface area contributed by atoms with Crippen LogP contribution in [0.4, 0.5) is 26.3 Å². The van der Waals surface area contributed by atoms with E-state index in [9.17, 15) is 43.2 Å². The monoisotopic (exact) mass is 531 g/mol. The summed E-state index contributed by atoms with van der Waals surface area (Å²) in [5.41, 5.74) is -12.4. The highest BCUT2D eigenvalue weighted by Crippen LogP contribution is 2.57. The van der Waals surface area contributed by atoms with Crippen LogP contribution in [0.15, 0.2) is 0 Å². The van der Waals surface area contributed by atoms with Gasteiger partial charge in [-0.25, -0.2) is 16.8 Å². The highest BCUT2D eigenvalue weighted by atomic mass is 32.3. The second-order valence-corrected chi connectivity index (χ2v) is 14.1. The fraction of sp³-hybridized carbons (Fsp3) is 1.00. The highest BCUT2D eigenvalue weighted by Gasteiger charge is 2.46. The third-order valence-corrected chi connectivity index (χ3v) is 11.5. The van der Waals surface area contributed by atoms with E-state index in [0.29, 0.717) is 26.4 Å². The molecule has 0 saturated heterocycles. The molecule has 0 bridgehead atoms. The maximum Gasteiger partial charge on any atom is 0.480 e. The van der Waals surface area contributed by atoms with E-state index < -0.39 is 38.3 Å². The molecule has 0 N–H and O–H groups in total. The summed E-state index contributed by atoms with van der Waals surface area (Å²) in [4.78, 5) is 0. The minimum Gasteiger partial charge on any atom is -0.421 e. The molecule has 0 aromatic heterocycles. The van der Waals surface area contributed by atoms with E-state index in [1.165, 1.54) is 18.5 Å². The van der Waals surface area contributed by atoms with Crippen molar-refractivity contribution in [3.8, 4) is 0 Å². The lowest BCUT2D eigenvalue weighted by Gasteiger charge is -2.22. The maximum atomic E-state index is 11.4. The Morgan fingerprint density at radius 1 is 0.710 bits per heavy atom. The molecule has 0 radical (unpaired) electrons. The summed E-state index contributed by atoms with van der Waals surface area (Å²) in [6, 6.07) is 0. The normalized spacial score (nSPS) is 13.6. The number of sulfonamides is 2. The van der Waals surface area contributed by atoms with Crippen LogP contribution in [-0.4, -0.2) is 86.2 Å². The summed E-state index contributed by atoms with van der Waals surface area (Å²) in [7, 11) is -12.6. The van der Waals surface area contributed by atoms with Crippen LogP contribution in [0.2, 0.25) is 0 Å². The molecule has 0 heterocycles. The Morgan fingerprint density at radius 3 is 1.39 bits per heavy atom. The lowest BCUT2D eigenvalue weighted by molar-refractivity contribution is -0.0444. The Hall–Kier alpha value is -0.250. The summed E-state index contributed by atoms with van der Waals surface area (Å²) in [6.07, 6.45) is 4.85. The van der Waals surface area contributed by atoms with Crippen molar-refractivity contribution in [3.05, 3.63) is 4.13 Å². The molecule has 0 saturated carbocycles. The molecule has 0 spiro atoms. The molecule has 0 aliphatic heterocycles. The molecule has 0 amide bonds. The topological polar surface area (TPSA) is 110 Å². The third kappa shape index (κ3) is 12.5. The Kier molecular flexibility index (Phi) is 15.0. The van der Waals surface area contributed by atoms with E-state index in [2.05, 4.69) is 20.8 Å². The number of halogens is 6. The zero-order valence-corrected chi connectivity index (χ0v) is 20.0. The van der Waals surface area contributed by atoms with Crippen molar-refractivity contribution in [2.75, 3.05) is 58.4 Å². The van der Waals surface area contributed by atoms with Crippen LogP contribution >= 0.6 is 7.26 Å². The Labute approximate surface area is 179 Å². The summed E-state index contributed by atoms with van der Waals surface area (Å²) in [6.45, 7) is 9.59. The maximum absolute atomic E-state index is 11.4. The van der Waals surface area contributed by atoms with E-state index in [1.54, 1.807) is 7.11 Å². The Morgan fingerprint density at radius 2 is 1.06 bits per heavy atom. The summed E-state index contributed by atoms with van der Waals surface area (Å²) in [5.74, 6) is 0. The average molecular weight is 531 g/mol. The first-order valence-electron chi connectivity index (χ1n) is 8.81. The Balaban J connectivity index is 0. The van der Waals surface area contributed by atoms with Crippen molar-refractivity contribution in [2.24, 2.45) is 0 Å². The first kappa shape index (κ1) is 32.9.